The number of hydrazine groups is 1. The van der Waals surface area contributed by atoms with Gasteiger partial charge in [0.25, 0.3) is 0 Å². The molecule has 0 atom stereocenters. The van der Waals surface area contributed by atoms with Gasteiger partial charge in [-0.15, -0.1) is 0 Å². The number of aliphatic hydroxyl groups excluding tert-OH is 1. The van der Waals surface area contributed by atoms with Crippen LogP contribution in [-0.2, 0) is 0 Å². The maximum absolute atomic E-state index is 9.35. The average Bonchev–Trinajstić information content (AvgIpc) is 2.22. The van der Waals surface area contributed by atoms with Crippen LogP contribution in [0.3, 0.4) is 0 Å². The SMILES string of the molecule is Cc1cc(NC2(CO)CCC2)nc(NN)n1. The summed E-state index contributed by atoms with van der Waals surface area (Å²) in [7, 11) is 0. The summed E-state index contributed by atoms with van der Waals surface area (Å²) in [5, 5.41) is 12.6. The van der Waals surface area contributed by atoms with Gasteiger partial charge in [-0.2, -0.15) is 4.98 Å². The number of aliphatic hydroxyl groups is 1. The molecular formula is C10H17N5O. The molecule has 5 N–H and O–H groups in total. The third kappa shape index (κ3) is 2.07. The first-order valence-corrected chi connectivity index (χ1v) is 5.39. The van der Waals surface area contributed by atoms with Crippen molar-refractivity contribution in [2.75, 3.05) is 17.3 Å². The summed E-state index contributed by atoms with van der Waals surface area (Å²) in [5.41, 5.74) is 3.05. The van der Waals surface area contributed by atoms with Crippen LogP contribution in [0.1, 0.15) is 25.0 Å². The first-order chi connectivity index (χ1) is 7.67. The average molecular weight is 223 g/mol. The van der Waals surface area contributed by atoms with Gasteiger partial charge in [0, 0.05) is 11.8 Å². The lowest BCUT2D eigenvalue weighted by molar-refractivity contribution is 0.144. The lowest BCUT2D eigenvalue weighted by atomic mass is 9.77. The van der Waals surface area contributed by atoms with Crippen molar-refractivity contribution in [3.63, 3.8) is 0 Å². The quantitative estimate of drug-likeness (QED) is 0.436. The van der Waals surface area contributed by atoms with E-state index in [2.05, 4.69) is 20.7 Å². The van der Waals surface area contributed by atoms with E-state index in [-0.39, 0.29) is 12.1 Å². The molecule has 0 unspecified atom stereocenters. The van der Waals surface area contributed by atoms with E-state index in [0.717, 1.165) is 25.0 Å². The number of nitrogens with zero attached hydrogens (tertiary/aromatic N) is 2. The van der Waals surface area contributed by atoms with E-state index in [9.17, 15) is 5.11 Å². The van der Waals surface area contributed by atoms with Crippen LogP contribution in [0.25, 0.3) is 0 Å². The second-order valence-electron chi connectivity index (χ2n) is 4.28. The molecule has 1 aromatic heterocycles. The normalized spacial score (nSPS) is 17.7. The fourth-order valence-electron chi connectivity index (χ4n) is 1.90. The minimum absolute atomic E-state index is 0.126. The molecule has 16 heavy (non-hydrogen) atoms. The van der Waals surface area contributed by atoms with Crippen LogP contribution in [0.5, 0.6) is 0 Å². The molecule has 0 bridgehead atoms. The van der Waals surface area contributed by atoms with Crippen molar-refractivity contribution in [2.45, 2.75) is 31.7 Å². The van der Waals surface area contributed by atoms with E-state index in [1.807, 2.05) is 13.0 Å². The van der Waals surface area contributed by atoms with Gasteiger partial charge in [0.15, 0.2) is 0 Å². The molecule has 0 saturated heterocycles. The van der Waals surface area contributed by atoms with E-state index < -0.39 is 0 Å². The summed E-state index contributed by atoms with van der Waals surface area (Å²) in [6.07, 6.45) is 3.08. The highest BCUT2D eigenvalue weighted by Gasteiger charge is 2.36. The van der Waals surface area contributed by atoms with Crippen molar-refractivity contribution in [3.8, 4) is 0 Å². The number of anilines is 2. The van der Waals surface area contributed by atoms with Gasteiger partial charge in [-0.05, 0) is 26.2 Å². The van der Waals surface area contributed by atoms with Crippen LogP contribution >= 0.6 is 0 Å². The molecule has 1 heterocycles. The van der Waals surface area contributed by atoms with E-state index in [4.69, 9.17) is 5.84 Å². The fourth-order valence-corrected chi connectivity index (χ4v) is 1.90. The van der Waals surface area contributed by atoms with Gasteiger partial charge >= 0.3 is 0 Å². The zero-order valence-electron chi connectivity index (χ0n) is 9.32. The Hall–Kier alpha value is -1.40. The summed E-state index contributed by atoms with van der Waals surface area (Å²) in [5.74, 6) is 6.37. The number of aromatic nitrogens is 2. The van der Waals surface area contributed by atoms with E-state index in [1.165, 1.54) is 0 Å². The number of rotatable bonds is 4. The standard InChI is InChI=1S/C10H17N5O/c1-7-5-8(13-9(12-7)15-11)14-10(6-16)3-2-4-10/h5,16H,2-4,6,11H2,1H3,(H2,12,13,14,15). The van der Waals surface area contributed by atoms with Gasteiger partial charge in [-0.25, -0.2) is 10.8 Å². The number of nitrogens with one attached hydrogen (secondary N) is 2. The second kappa shape index (κ2) is 4.23. The van der Waals surface area contributed by atoms with Crippen LogP contribution in [0.15, 0.2) is 6.07 Å². The van der Waals surface area contributed by atoms with E-state index in [0.29, 0.717) is 11.8 Å². The number of hydrogen-bond acceptors (Lipinski definition) is 6. The first-order valence-electron chi connectivity index (χ1n) is 5.39. The molecule has 0 aromatic carbocycles. The minimum atomic E-state index is -0.202. The van der Waals surface area contributed by atoms with Crippen LogP contribution in [-0.4, -0.2) is 27.2 Å². The molecule has 1 saturated carbocycles. The Morgan fingerprint density at radius 2 is 2.25 bits per heavy atom. The molecule has 0 radical (unpaired) electrons. The lowest BCUT2D eigenvalue weighted by Crippen LogP contribution is -2.48. The van der Waals surface area contributed by atoms with Crippen molar-refractivity contribution in [1.29, 1.82) is 0 Å². The highest BCUT2D eigenvalue weighted by Crippen LogP contribution is 2.34. The summed E-state index contributed by atoms with van der Waals surface area (Å²) in [6, 6.07) is 1.84. The second-order valence-corrected chi connectivity index (χ2v) is 4.28. The molecule has 6 nitrogen and oxygen atoms in total. The van der Waals surface area contributed by atoms with Crippen LogP contribution < -0.4 is 16.6 Å². The maximum Gasteiger partial charge on any atom is 0.239 e. The molecule has 0 amide bonds. The predicted octanol–water partition coefficient (Wildman–Crippen LogP) is 0.398. The minimum Gasteiger partial charge on any atom is -0.394 e. The summed E-state index contributed by atoms with van der Waals surface area (Å²) >= 11 is 0. The van der Waals surface area contributed by atoms with Crippen molar-refractivity contribution in [3.05, 3.63) is 11.8 Å². The number of nitrogens with two attached hydrogens (primary N) is 1. The van der Waals surface area contributed by atoms with Crippen molar-refractivity contribution in [2.24, 2.45) is 5.84 Å². The zero-order valence-corrected chi connectivity index (χ0v) is 9.32. The predicted molar refractivity (Wildman–Crippen MR) is 61.9 cm³/mol. The Morgan fingerprint density at radius 1 is 1.50 bits per heavy atom. The largest absolute Gasteiger partial charge is 0.394 e. The fraction of sp³-hybridized carbons (Fsp3) is 0.600. The van der Waals surface area contributed by atoms with Crippen molar-refractivity contribution in [1.82, 2.24) is 9.97 Å². The van der Waals surface area contributed by atoms with Crippen molar-refractivity contribution >= 4 is 11.8 Å². The molecule has 2 rings (SSSR count). The van der Waals surface area contributed by atoms with Gasteiger partial charge < -0.3 is 10.4 Å². The molecule has 6 heteroatoms. The molecule has 1 fully saturated rings. The molecule has 0 spiro atoms. The van der Waals surface area contributed by atoms with Crippen LogP contribution in [0.2, 0.25) is 0 Å². The van der Waals surface area contributed by atoms with Gasteiger partial charge in [0.1, 0.15) is 5.82 Å². The number of aryl methyl sites for hydroxylation is 1. The van der Waals surface area contributed by atoms with Gasteiger partial charge in [0.2, 0.25) is 5.95 Å². The molecule has 88 valence electrons. The maximum atomic E-state index is 9.35. The summed E-state index contributed by atoms with van der Waals surface area (Å²) < 4.78 is 0. The number of nitrogen functional groups attached to an aromatic ring is 1. The van der Waals surface area contributed by atoms with Gasteiger partial charge in [-0.3, -0.25) is 5.43 Å². The summed E-state index contributed by atoms with van der Waals surface area (Å²) in [6.45, 7) is 2.00. The van der Waals surface area contributed by atoms with E-state index >= 15 is 0 Å². The Bertz CT molecular complexity index is 372. The zero-order chi connectivity index (χ0) is 11.6. The molecule has 1 aliphatic rings. The highest BCUT2D eigenvalue weighted by molar-refractivity contribution is 5.44. The van der Waals surface area contributed by atoms with Crippen LogP contribution in [0, 0.1) is 6.92 Å². The summed E-state index contributed by atoms with van der Waals surface area (Å²) in [4.78, 5) is 8.30. The third-order valence-corrected chi connectivity index (χ3v) is 2.99. The topological polar surface area (TPSA) is 96.1 Å². The Balaban J connectivity index is 2.17. The van der Waals surface area contributed by atoms with E-state index in [1.54, 1.807) is 0 Å². The molecule has 1 aliphatic carbocycles. The first kappa shape index (κ1) is 11.1. The molecule has 0 aliphatic heterocycles. The molecular weight excluding hydrogens is 206 g/mol. The van der Waals surface area contributed by atoms with Gasteiger partial charge in [-0.1, -0.05) is 0 Å². The van der Waals surface area contributed by atoms with Gasteiger partial charge in [0.05, 0.1) is 12.1 Å². The smallest absolute Gasteiger partial charge is 0.239 e. The highest BCUT2D eigenvalue weighted by atomic mass is 16.3. The molecule has 1 aromatic rings. The Kier molecular flexibility index (Phi) is 2.93. The number of hydrogen-bond donors (Lipinski definition) is 4. The van der Waals surface area contributed by atoms with Crippen LogP contribution in [0.4, 0.5) is 11.8 Å². The van der Waals surface area contributed by atoms with Crippen molar-refractivity contribution < 1.29 is 5.11 Å². The third-order valence-electron chi connectivity index (χ3n) is 2.99. The monoisotopic (exact) mass is 223 g/mol. The lowest BCUT2D eigenvalue weighted by Gasteiger charge is -2.41. The Labute approximate surface area is 94.3 Å². The Morgan fingerprint density at radius 3 is 2.75 bits per heavy atom.